The van der Waals surface area contributed by atoms with Crippen LogP contribution < -0.4 is 9.47 Å². The normalized spacial score (nSPS) is 14.9. The number of carbonyl (C=O) groups excluding carboxylic acids is 3. The number of rotatable bonds is 8. The van der Waals surface area contributed by atoms with Gasteiger partial charge in [-0.05, 0) is 42.5 Å². The maximum atomic E-state index is 12.7. The summed E-state index contributed by atoms with van der Waals surface area (Å²) in [6.45, 7) is 5.57. The summed E-state index contributed by atoms with van der Waals surface area (Å²) in [6, 6.07) is 12.2. The molecule has 2 aromatic carbocycles. The number of hydrogen-bond acceptors (Lipinski definition) is 6. The number of aryl methyl sites for hydroxylation is 1. The molecule has 6 nitrogen and oxygen atoms in total. The molecule has 1 fully saturated rings. The third-order valence-electron chi connectivity index (χ3n) is 4.39. The van der Waals surface area contributed by atoms with E-state index in [1.807, 2.05) is 19.1 Å². The van der Waals surface area contributed by atoms with E-state index in [1.54, 1.807) is 42.5 Å². The first-order valence-corrected chi connectivity index (χ1v) is 10.0. The second kappa shape index (κ2) is 9.45. The van der Waals surface area contributed by atoms with Gasteiger partial charge < -0.3 is 9.47 Å². The Kier molecular flexibility index (Phi) is 6.74. The number of imide groups is 1. The second-order valence-electron chi connectivity index (χ2n) is 6.57. The van der Waals surface area contributed by atoms with Gasteiger partial charge >= 0.3 is 0 Å². The van der Waals surface area contributed by atoms with Crippen LogP contribution in [0.25, 0.3) is 6.08 Å². The van der Waals surface area contributed by atoms with Crippen molar-refractivity contribution in [3.05, 3.63) is 76.7 Å². The number of thioether (sulfide) groups is 1. The van der Waals surface area contributed by atoms with Gasteiger partial charge in [-0.1, -0.05) is 48.6 Å². The summed E-state index contributed by atoms with van der Waals surface area (Å²) in [7, 11) is 1.52. The van der Waals surface area contributed by atoms with Crippen LogP contribution in [0.4, 0.5) is 4.79 Å². The van der Waals surface area contributed by atoms with Gasteiger partial charge in [0.1, 0.15) is 6.61 Å². The Labute approximate surface area is 179 Å². The molecule has 30 heavy (non-hydrogen) atoms. The van der Waals surface area contributed by atoms with Crippen molar-refractivity contribution in [2.75, 3.05) is 20.3 Å². The molecule has 0 radical (unpaired) electrons. The van der Waals surface area contributed by atoms with Crippen LogP contribution in [0.1, 0.15) is 21.5 Å². The molecular weight excluding hydrogens is 402 g/mol. The molecule has 2 aromatic rings. The zero-order chi connectivity index (χ0) is 21.7. The Morgan fingerprint density at radius 2 is 1.87 bits per heavy atom. The van der Waals surface area contributed by atoms with E-state index in [4.69, 9.17) is 9.47 Å². The molecule has 7 heteroatoms. The summed E-state index contributed by atoms with van der Waals surface area (Å²) < 4.78 is 10.8. The van der Waals surface area contributed by atoms with Crippen LogP contribution in [0.2, 0.25) is 0 Å². The van der Waals surface area contributed by atoms with Gasteiger partial charge in [-0.3, -0.25) is 19.3 Å². The van der Waals surface area contributed by atoms with Crippen LogP contribution in [0.3, 0.4) is 0 Å². The molecule has 0 aromatic heterocycles. The lowest BCUT2D eigenvalue weighted by Gasteiger charge is -2.11. The number of ether oxygens (including phenoxy) is 2. The summed E-state index contributed by atoms with van der Waals surface area (Å²) in [6.07, 6.45) is 3.22. The van der Waals surface area contributed by atoms with Crippen LogP contribution in [-0.4, -0.2) is 42.1 Å². The molecule has 0 bridgehead atoms. The Morgan fingerprint density at radius 3 is 2.53 bits per heavy atom. The molecule has 154 valence electrons. The van der Waals surface area contributed by atoms with E-state index in [1.165, 1.54) is 7.11 Å². The highest BCUT2D eigenvalue weighted by Crippen LogP contribution is 2.34. The quantitative estimate of drug-likeness (QED) is 0.354. The van der Waals surface area contributed by atoms with E-state index in [-0.39, 0.29) is 17.2 Å². The van der Waals surface area contributed by atoms with Gasteiger partial charge in [0.25, 0.3) is 11.1 Å². The van der Waals surface area contributed by atoms with E-state index in [9.17, 15) is 14.4 Å². The maximum absolute atomic E-state index is 12.7. The molecule has 3 rings (SSSR count). The van der Waals surface area contributed by atoms with Crippen molar-refractivity contribution in [1.82, 2.24) is 4.90 Å². The smallest absolute Gasteiger partial charge is 0.293 e. The van der Waals surface area contributed by atoms with Crippen LogP contribution in [0.15, 0.2) is 60.0 Å². The van der Waals surface area contributed by atoms with Gasteiger partial charge in [0.15, 0.2) is 17.3 Å². The van der Waals surface area contributed by atoms with Gasteiger partial charge in [0.2, 0.25) is 0 Å². The summed E-state index contributed by atoms with van der Waals surface area (Å²) >= 11 is 0.809. The molecule has 2 amide bonds. The Morgan fingerprint density at radius 1 is 1.13 bits per heavy atom. The van der Waals surface area contributed by atoms with Crippen LogP contribution in [0, 0.1) is 6.92 Å². The number of Topliss-reactive ketones (excluding diaryl/α,β-unsaturated/α-hetero) is 1. The minimum absolute atomic E-state index is 0.249. The van der Waals surface area contributed by atoms with Crippen molar-refractivity contribution in [1.29, 1.82) is 0 Å². The highest BCUT2D eigenvalue weighted by molar-refractivity contribution is 8.18. The van der Waals surface area contributed by atoms with Crippen LogP contribution in [0.5, 0.6) is 11.5 Å². The number of carbonyl (C=O) groups is 3. The predicted molar refractivity (Wildman–Crippen MR) is 117 cm³/mol. The fourth-order valence-corrected chi connectivity index (χ4v) is 3.64. The van der Waals surface area contributed by atoms with Gasteiger partial charge in [0, 0.05) is 5.56 Å². The lowest BCUT2D eigenvalue weighted by atomic mass is 10.1. The third kappa shape index (κ3) is 4.80. The van der Waals surface area contributed by atoms with E-state index in [0.29, 0.717) is 29.2 Å². The summed E-state index contributed by atoms with van der Waals surface area (Å²) in [5.74, 6) is 0.270. The van der Waals surface area contributed by atoms with Crippen molar-refractivity contribution < 1.29 is 23.9 Å². The fraction of sp³-hybridized carbons (Fsp3) is 0.174. The number of hydrogen-bond donors (Lipinski definition) is 0. The Bertz CT molecular complexity index is 1030. The van der Waals surface area contributed by atoms with Crippen LogP contribution >= 0.6 is 11.8 Å². The molecule has 1 aliphatic heterocycles. The standard InChI is InChI=1S/C23H21NO5S/c1-4-11-29-19-10-7-16(12-20(19)28-3)13-21-22(26)24(23(27)30-21)14-18(25)17-8-5-15(2)6-9-17/h4-10,12-13H,1,11,14H2,2-3H3/b21-13-. The largest absolute Gasteiger partial charge is 0.493 e. The summed E-state index contributed by atoms with van der Waals surface area (Å²) in [5.41, 5.74) is 2.16. The molecular formula is C23H21NO5S. The number of methoxy groups -OCH3 is 1. The lowest BCUT2D eigenvalue weighted by Crippen LogP contribution is -2.33. The van der Waals surface area contributed by atoms with E-state index in [0.717, 1.165) is 22.2 Å². The van der Waals surface area contributed by atoms with Gasteiger partial charge in [-0.25, -0.2) is 0 Å². The predicted octanol–water partition coefficient (Wildman–Crippen LogP) is 4.49. The number of amides is 2. The molecule has 0 spiro atoms. The molecule has 1 heterocycles. The summed E-state index contributed by atoms with van der Waals surface area (Å²) in [5, 5.41) is -0.468. The van der Waals surface area contributed by atoms with E-state index >= 15 is 0 Å². The lowest BCUT2D eigenvalue weighted by molar-refractivity contribution is -0.122. The second-order valence-corrected chi connectivity index (χ2v) is 7.56. The van der Waals surface area contributed by atoms with Crippen molar-refractivity contribution in [3.63, 3.8) is 0 Å². The number of nitrogens with zero attached hydrogens (tertiary/aromatic N) is 1. The van der Waals surface area contributed by atoms with Crippen molar-refractivity contribution in [2.45, 2.75) is 6.92 Å². The topological polar surface area (TPSA) is 72.9 Å². The Balaban J connectivity index is 1.76. The summed E-state index contributed by atoms with van der Waals surface area (Å²) in [4.78, 5) is 38.7. The molecule has 0 unspecified atom stereocenters. The van der Waals surface area contributed by atoms with Crippen molar-refractivity contribution in [3.8, 4) is 11.5 Å². The molecule has 0 atom stereocenters. The Hall–Kier alpha value is -3.32. The molecule has 0 aliphatic carbocycles. The molecule has 1 saturated heterocycles. The van der Waals surface area contributed by atoms with Gasteiger partial charge in [-0.15, -0.1) is 0 Å². The van der Waals surface area contributed by atoms with Gasteiger partial charge in [-0.2, -0.15) is 0 Å². The highest BCUT2D eigenvalue weighted by atomic mass is 32.2. The van der Waals surface area contributed by atoms with E-state index < -0.39 is 11.1 Å². The first-order chi connectivity index (χ1) is 14.4. The molecule has 0 N–H and O–H groups in total. The highest BCUT2D eigenvalue weighted by Gasteiger charge is 2.36. The SMILES string of the molecule is C=CCOc1ccc(/C=C2\SC(=O)N(CC(=O)c3ccc(C)cc3)C2=O)cc1OC. The zero-order valence-electron chi connectivity index (χ0n) is 16.7. The molecule has 1 aliphatic rings. The van der Waals surface area contributed by atoms with Crippen molar-refractivity contribution >= 4 is 34.8 Å². The van der Waals surface area contributed by atoms with Crippen molar-refractivity contribution in [2.24, 2.45) is 0 Å². The number of ketones is 1. The number of benzene rings is 2. The minimum Gasteiger partial charge on any atom is -0.493 e. The fourth-order valence-electron chi connectivity index (χ4n) is 2.80. The van der Waals surface area contributed by atoms with Gasteiger partial charge in [0.05, 0.1) is 18.6 Å². The maximum Gasteiger partial charge on any atom is 0.293 e. The van der Waals surface area contributed by atoms with E-state index in [2.05, 4.69) is 6.58 Å². The van der Waals surface area contributed by atoms with Crippen LogP contribution in [-0.2, 0) is 4.79 Å². The molecule has 0 saturated carbocycles. The monoisotopic (exact) mass is 423 g/mol. The average molecular weight is 423 g/mol. The third-order valence-corrected chi connectivity index (χ3v) is 5.30. The zero-order valence-corrected chi connectivity index (χ0v) is 17.5. The first kappa shape index (κ1) is 21.4. The first-order valence-electron chi connectivity index (χ1n) is 9.20. The minimum atomic E-state index is -0.489. The average Bonchev–Trinajstić information content (AvgIpc) is 3.00.